The minimum absolute atomic E-state index is 0.272. The summed E-state index contributed by atoms with van der Waals surface area (Å²) in [6.45, 7) is 0.630. The van der Waals surface area contributed by atoms with Crippen LogP contribution >= 0.6 is 0 Å². The Hall–Kier alpha value is -3.65. The number of hydrogen-bond donors (Lipinski definition) is 0. The molecule has 0 amide bonds. The summed E-state index contributed by atoms with van der Waals surface area (Å²) in [6, 6.07) is 11.3. The molecule has 0 saturated heterocycles. The van der Waals surface area contributed by atoms with Crippen molar-refractivity contribution in [2.24, 2.45) is 0 Å². The molecule has 2 aromatic carbocycles. The average Bonchev–Trinajstić information content (AvgIpc) is 3.33. The van der Waals surface area contributed by atoms with Gasteiger partial charge in [0, 0.05) is 36.0 Å². The molecule has 5 rings (SSSR count). The van der Waals surface area contributed by atoms with E-state index in [2.05, 4.69) is 15.2 Å². The van der Waals surface area contributed by atoms with Gasteiger partial charge in [-0.15, -0.1) is 10.2 Å². The highest BCUT2D eigenvalue weighted by molar-refractivity contribution is 5.65. The van der Waals surface area contributed by atoms with Crippen LogP contribution in [0.4, 0.5) is 8.78 Å². The van der Waals surface area contributed by atoms with Gasteiger partial charge in [-0.3, -0.25) is 0 Å². The molecule has 1 saturated carbocycles. The van der Waals surface area contributed by atoms with Crippen molar-refractivity contribution in [3.8, 4) is 0 Å². The van der Waals surface area contributed by atoms with Gasteiger partial charge in [0.2, 0.25) is 11.8 Å². The predicted octanol–water partition coefficient (Wildman–Crippen LogP) is 5.55. The quantitative estimate of drug-likeness (QED) is 0.336. The van der Waals surface area contributed by atoms with Gasteiger partial charge in [0.1, 0.15) is 17.7 Å². The smallest absolute Gasteiger partial charge is 0.240 e. The zero-order valence-electron chi connectivity index (χ0n) is 17.8. The summed E-state index contributed by atoms with van der Waals surface area (Å²) in [6.07, 6.45) is 10.4. The van der Waals surface area contributed by atoms with E-state index in [0.29, 0.717) is 29.8 Å². The Morgan fingerprint density at radius 3 is 2.67 bits per heavy atom. The van der Waals surface area contributed by atoms with Crippen molar-refractivity contribution < 1.29 is 17.9 Å². The van der Waals surface area contributed by atoms with Crippen LogP contribution in [0, 0.1) is 11.6 Å². The topological polar surface area (TPSA) is 66.0 Å². The first-order valence-electron chi connectivity index (χ1n) is 10.8. The van der Waals surface area contributed by atoms with Crippen molar-refractivity contribution in [2.45, 2.75) is 38.0 Å². The van der Waals surface area contributed by atoms with Gasteiger partial charge in [-0.2, -0.15) is 0 Å². The van der Waals surface area contributed by atoms with Crippen LogP contribution in [0.3, 0.4) is 0 Å². The van der Waals surface area contributed by atoms with E-state index in [1.807, 2.05) is 30.3 Å². The standard InChI is InChI=1S/C25H22F2N4O2/c26-20-8-9-21(22(27)13-20)23(14-31-12-11-28-16-31)32-15-18-3-1-17(2-4-18)5-10-24-29-30-25(33-24)19-6-7-19/h1-5,8-13,16,19,23H,6-7,14-15H2/b10-5+. The van der Waals surface area contributed by atoms with Gasteiger partial charge in [0.15, 0.2) is 0 Å². The maximum Gasteiger partial charge on any atom is 0.240 e. The lowest BCUT2D eigenvalue weighted by atomic mass is 10.1. The largest absolute Gasteiger partial charge is 0.421 e. The number of nitrogens with zero attached hydrogens (tertiary/aromatic N) is 4. The lowest BCUT2D eigenvalue weighted by Crippen LogP contribution is -2.13. The first kappa shape index (κ1) is 21.2. The summed E-state index contributed by atoms with van der Waals surface area (Å²) in [5.74, 6) is 0.384. The van der Waals surface area contributed by atoms with E-state index in [4.69, 9.17) is 9.15 Å². The Balaban J connectivity index is 1.24. The van der Waals surface area contributed by atoms with E-state index in [0.717, 1.165) is 30.0 Å². The minimum atomic E-state index is -0.633. The molecule has 2 heterocycles. The third-order valence-electron chi connectivity index (χ3n) is 5.48. The molecule has 6 nitrogen and oxygen atoms in total. The van der Waals surface area contributed by atoms with Crippen molar-refractivity contribution in [3.63, 3.8) is 0 Å². The Labute approximate surface area is 189 Å². The molecule has 0 radical (unpaired) electrons. The molecule has 4 aromatic rings. The molecule has 2 aromatic heterocycles. The zero-order chi connectivity index (χ0) is 22.6. The molecule has 0 spiro atoms. The van der Waals surface area contributed by atoms with Crippen molar-refractivity contribution in [2.75, 3.05) is 0 Å². The maximum atomic E-state index is 14.4. The summed E-state index contributed by atoms with van der Waals surface area (Å²) < 4.78 is 41.3. The molecule has 0 N–H and O–H groups in total. The van der Waals surface area contributed by atoms with Gasteiger partial charge in [-0.05, 0) is 36.1 Å². The molecule has 8 heteroatoms. The highest BCUT2D eigenvalue weighted by Gasteiger charge is 2.29. The summed E-state index contributed by atoms with van der Waals surface area (Å²) >= 11 is 0. The molecule has 33 heavy (non-hydrogen) atoms. The third kappa shape index (κ3) is 5.40. The van der Waals surface area contributed by atoms with E-state index >= 15 is 0 Å². The lowest BCUT2D eigenvalue weighted by molar-refractivity contribution is 0.0256. The van der Waals surface area contributed by atoms with Gasteiger partial charge < -0.3 is 13.7 Å². The first-order chi connectivity index (χ1) is 16.1. The van der Waals surface area contributed by atoms with Crippen LogP contribution in [0.25, 0.3) is 12.2 Å². The third-order valence-corrected chi connectivity index (χ3v) is 5.48. The molecule has 1 fully saturated rings. The van der Waals surface area contributed by atoms with Crippen LogP contribution in [0.1, 0.15) is 53.3 Å². The minimum Gasteiger partial charge on any atom is -0.421 e. The summed E-state index contributed by atoms with van der Waals surface area (Å²) in [4.78, 5) is 4.02. The van der Waals surface area contributed by atoms with E-state index in [9.17, 15) is 8.78 Å². The Morgan fingerprint density at radius 1 is 1.09 bits per heavy atom. The zero-order valence-corrected chi connectivity index (χ0v) is 17.8. The lowest BCUT2D eigenvalue weighted by Gasteiger charge is -2.20. The van der Waals surface area contributed by atoms with Crippen LogP contribution in [0.2, 0.25) is 0 Å². The molecule has 1 atom stereocenters. The van der Waals surface area contributed by atoms with Crippen molar-refractivity contribution >= 4 is 12.2 Å². The van der Waals surface area contributed by atoms with E-state index in [-0.39, 0.29) is 6.61 Å². The normalized spacial score (nSPS) is 14.7. The Bertz CT molecular complexity index is 1230. The average molecular weight is 448 g/mol. The molecular weight excluding hydrogens is 426 g/mol. The number of ether oxygens (including phenoxy) is 1. The number of aromatic nitrogens is 4. The molecule has 1 aliphatic rings. The fourth-order valence-corrected chi connectivity index (χ4v) is 3.49. The number of hydrogen-bond acceptors (Lipinski definition) is 5. The molecule has 1 unspecified atom stereocenters. The molecule has 168 valence electrons. The molecule has 0 bridgehead atoms. The summed E-state index contributed by atoms with van der Waals surface area (Å²) in [7, 11) is 0. The highest BCUT2D eigenvalue weighted by atomic mass is 19.1. The Kier molecular flexibility index (Phi) is 6.08. The van der Waals surface area contributed by atoms with Crippen molar-refractivity contribution in [1.29, 1.82) is 0 Å². The van der Waals surface area contributed by atoms with E-state index in [1.54, 1.807) is 29.4 Å². The maximum absolute atomic E-state index is 14.4. The molecular formula is C25H22F2N4O2. The second-order valence-electron chi connectivity index (χ2n) is 8.05. The van der Waals surface area contributed by atoms with Gasteiger partial charge in [-0.1, -0.05) is 30.3 Å². The number of benzene rings is 2. The van der Waals surface area contributed by atoms with Crippen LogP contribution < -0.4 is 0 Å². The number of imidazole rings is 1. The second-order valence-corrected chi connectivity index (χ2v) is 8.05. The monoisotopic (exact) mass is 448 g/mol. The van der Waals surface area contributed by atoms with Gasteiger partial charge in [0.05, 0.1) is 19.5 Å². The highest BCUT2D eigenvalue weighted by Crippen LogP contribution is 2.39. The number of halogens is 2. The molecule has 1 aliphatic carbocycles. The van der Waals surface area contributed by atoms with E-state index in [1.165, 1.54) is 12.1 Å². The Morgan fingerprint density at radius 2 is 1.94 bits per heavy atom. The van der Waals surface area contributed by atoms with Gasteiger partial charge in [0.25, 0.3) is 0 Å². The first-order valence-corrected chi connectivity index (χ1v) is 10.8. The summed E-state index contributed by atoms with van der Waals surface area (Å²) in [5.41, 5.74) is 2.21. The molecule has 0 aliphatic heterocycles. The van der Waals surface area contributed by atoms with Crippen molar-refractivity contribution in [1.82, 2.24) is 19.7 Å². The predicted molar refractivity (Wildman–Crippen MR) is 118 cm³/mol. The van der Waals surface area contributed by atoms with Gasteiger partial charge in [-0.25, -0.2) is 13.8 Å². The summed E-state index contributed by atoms with van der Waals surface area (Å²) in [5, 5.41) is 8.12. The fraction of sp³-hybridized carbons (Fsp3) is 0.240. The van der Waals surface area contributed by atoms with Crippen molar-refractivity contribution in [3.05, 3.63) is 101 Å². The van der Waals surface area contributed by atoms with Gasteiger partial charge >= 0.3 is 0 Å². The van der Waals surface area contributed by atoms with E-state index < -0.39 is 17.7 Å². The SMILES string of the molecule is Fc1ccc(C(Cn2ccnc2)OCc2ccc(/C=C/c3nnc(C4CC4)o3)cc2)c(F)c1. The van der Waals surface area contributed by atoms with Crippen LogP contribution in [0.5, 0.6) is 0 Å². The fourth-order valence-electron chi connectivity index (χ4n) is 3.49. The van der Waals surface area contributed by atoms with Crippen LogP contribution in [0.15, 0.2) is 65.6 Å². The number of rotatable bonds is 9. The van der Waals surface area contributed by atoms with Crippen LogP contribution in [-0.2, 0) is 17.9 Å². The van der Waals surface area contributed by atoms with Crippen LogP contribution in [-0.4, -0.2) is 19.7 Å². The second kappa shape index (κ2) is 9.46.